The first-order chi connectivity index (χ1) is 17.5. The Morgan fingerprint density at radius 2 is 1.46 bits per heavy atom. The zero-order valence-corrected chi connectivity index (χ0v) is 27.7. The zero-order valence-electron chi connectivity index (χ0n) is 24.0. The summed E-state index contributed by atoms with van der Waals surface area (Å²) in [6.45, 7) is 14.1. The number of nitrogens with one attached hydrogen (secondary N) is 1. The van der Waals surface area contributed by atoms with Crippen LogP contribution in [0.25, 0.3) is 4.85 Å². The normalized spacial score (nSPS) is 15.5. The molecule has 0 bridgehead atoms. The molecule has 0 aromatic heterocycles. The van der Waals surface area contributed by atoms with E-state index in [0.717, 1.165) is 0 Å². The fraction of sp³-hybridized carbons (Fsp3) is 0.833. The van der Waals surface area contributed by atoms with Gasteiger partial charge in [0.1, 0.15) is 13.2 Å². The fourth-order valence-electron chi connectivity index (χ4n) is 3.65. The quantitative estimate of drug-likeness (QED) is 0.0448. The molecule has 12 nitrogen and oxygen atoms in total. The number of rotatable bonds is 19. The molecule has 0 aliphatic carbocycles. The van der Waals surface area contributed by atoms with Crippen LogP contribution in [0.3, 0.4) is 0 Å². The summed E-state index contributed by atoms with van der Waals surface area (Å²) < 4.78 is 53.9. The average Bonchev–Trinajstić information content (AvgIpc) is 2.81. The van der Waals surface area contributed by atoms with Crippen LogP contribution in [0.5, 0.6) is 0 Å². The van der Waals surface area contributed by atoms with Gasteiger partial charge in [-0.15, -0.1) is 0 Å². The molecule has 15 heteroatoms. The molecule has 0 fully saturated rings. The van der Waals surface area contributed by atoms with Crippen LogP contribution >= 0.6 is 12.6 Å². The number of hydrogen-bond acceptors (Lipinski definition) is 11. The standard InChI is InChI=1S/C24H42N2O10S2.Na/c1-8-24(4,25-5)15-18(22(29)36-12-10-34-7)13-17(21(28)35-11-9-33-6)14-19(37)20(27)26-23(2,3)16-38(30,31)32;/h17-19,37H,8-16H2,1-4,6-7H3,(H,26,27)(H,30,31,32);/q;+1/p-1. The van der Waals surface area contributed by atoms with Crippen LogP contribution in [0.15, 0.2) is 0 Å². The van der Waals surface area contributed by atoms with Gasteiger partial charge in [-0.1, -0.05) is 6.92 Å². The molecule has 0 aromatic rings. The van der Waals surface area contributed by atoms with E-state index in [1.54, 1.807) is 6.92 Å². The van der Waals surface area contributed by atoms with Crippen LogP contribution in [0, 0.1) is 18.4 Å². The van der Waals surface area contributed by atoms with E-state index in [0.29, 0.717) is 6.42 Å². The number of amides is 1. The van der Waals surface area contributed by atoms with Gasteiger partial charge >= 0.3 is 41.5 Å². The fourth-order valence-corrected chi connectivity index (χ4v) is 4.93. The number of nitrogens with zero attached hydrogens (tertiary/aromatic N) is 1. The van der Waals surface area contributed by atoms with Gasteiger partial charge in [0.05, 0.1) is 46.2 Å². The number of esters is 2. The Kier molecular flexibility index (Phi) is 19.8. The minimum absolute atomic E-state index is 0. The van der Waals surface area contributed by atoms with Crippen molar-refractivity contribution in [1.82, 2.24) is 5.32 Å². The summed E-state index contributed by atoms with van der Waals surface area (Å²) in [7, 11) is -1.73. The first-order valence-electron chi connectivity index (χ1n) is 12.2. The summed E-state index contributed by atoms with van der Waals surface area (Å²) in [6, 6.07) is 0. The van der Waals surface area contributed by atoms with E-state index in [4.69, 9.17) is 25.5 Å². The van der Waals surface area contributed by atoms with E-state index in [1.165, 1.54) is 28.1 Å². The largest absolute Gasteiger partial charge is 1.00 e. The van der Waals surface area contributed by atoms with Crippen LogP contribution in [-0.2, 0) is 43.4 Å². The third-order valence-corrected chi connectivity index (χ3v) is 7.35. The summed E-state index contributed by atoms with van der Waals surface area (Å²) >= 11 is 4.30. The van der Waals surface area contributed by atoms with Crippen molar-refractivity contribution in [1.29, 1.82) is 0 Å². The summed E-state index contributed by atoms with van der Waals surface area (Å²) in [4.78, 5) is 42.4. The molecule has 0 aliphatic heterocycles. The molecular weight excluding hydrogens is 563 g/mol. The van der Waals surface area contributed by atoms with Crippen LogP contribution in [-0.4, -0.2) is 93.5 Å². The van der Waals surface area contributed by atoms with Gasteiger partial charge in [0.2, 0.25) is 11.4 Å². The predicted octanol–water partition coefficient (Wildman–Crippen LogP) is -1.40. The third-order valence-electron chi connectivity index (χ3n) is 5.83. The summed E-state index contributed by atoms with van der Waals surface area (Å²) in [6.07, 6.45) is 0.324. The Morgan fingerprint density at radius 1 is 0.974 bits per heavy atom. The van der Waals surface area contributed by atoms with Crippen LogP contribution in [0.4, 0.5) is 0 Å². The van der Waals surface area contributed by atoms with Crippen molar-refractivity contribution >= 4 is 40.6 Å². The number of carbonyl (C=O) groups excluding carboxylic acids is 3. The maximum atomic E-state index is 13.0. The van der Waals surface area contributed by atoms with E-state index in [-0.39, 0.29) is 75.2 Å². The molecule has 0 radical (unpaired) electrons. The Balaban J connectivity index is 0. The second-order valence-electron chi connectivity index (χ2n) is 9.94. The number of thiol groups is 1. The molecule has 1 N–H and O–H groups in total. The van der Waals surface area contributed by atoms with E-state index < -0.39 is 61.9 Å². The van der Waals surface area contributed by atoms with Gasteiger partial charge in [0.25, 0.3) is 0 Å². The molecule has 0 spiro atoms. The van der Waals surface area contributed by atoms with Gasteiger partial charge in [0.15, 0.2) is 0 Å². The smallest absolute Gasteiger partial charge is 0.748 e. The van der Waals surface area contributed by atoms with Crippen molar-refractivity contribution in [2.45, 2.75) is 69.7 Å². The molecule has 0 saturated heterocycles. The monoisotopic (exact) mass is 604 g/mol. The van der Waals surface area contributed by atoms with Crippen molar-refractivity contribution in [3.8, 4) is 0 Å². The Labute approximate surface area is 259 Å². The number of methoxy groups -OCH3 is 2. The summed E-state index contributed by atoms with van der Waals surface area (Å²) in [5.74, 6) is -4.69. The van der Waals surface area contributed by atoms with Crippen LogP contribution in [0.2, 0.25) is 0 Å². The maximum absolute atomic E-state index is 13.0. The number of carbonyl (C=O) groups is 3. The predicted molar refractivity (Wildman–Crippen MR) is 141 cm³/mol. The van der Waals surface area contributed by atoms with Crippen LogP contribution < -0.4 is 34.9 Å². The SMILES string of the molecule is [C-]#[N+]C(C)(CC)CC(CC(CC(S)C(=O)NC(C)(C)CS(=O)(=O)[O-])C(=O)OCCOC)C(=O)OCCOC.[Na+]. The average molecular weight is 605 g/mol. The molecule has 220 valence electrons. The van der Waals surface area contributed by atoms with E-state index >= 15 is 0 Å². The first-order valence-corrected chi connectivity index (χ1v) is 14.3. The van der Waals surface area contributed by atoms with E-state index in [1.807, 2.05) is 6.92 Å². The Bertz CT molecular complexity index is 926. The zero-order chi connectivity index (χ0) is 29.6. The van der Waals surface area contributed by atoms with Crippen molar-refractivity contribution in [3.63, 3.8) is 0 Å². The third kappa shape index (κ3) is 17.5. The van der Waals surface area contributed by atoms with Gasteiger partial charge in [-0.3, -0.25) is 14.4 Å². The topological polar surface area (TPSA) is 162 Å². The molecule has 0 rings (SSSR count). The second-order valence-corrected chi connectivity index (χ2v) is 12.0. The van der Waals surface area contributed by atoms with Gasteiger partial charge in [0, 0.05) is 39.5 Å². The second kappa shape index (κ2) is 19.2. The van der Waals surface area contributed by atoms with Crippen molar-refractivity contribution in [3.05, 3.63) is 11.4 Å². The van der Waals surface area contributed by atoms with E-state index in [2.05, 4.69) is 22.8 Å². The minimum Gasteiger partial charge on any atom is -0.748 e. The van der Waals surface area contributed by atoms with Gasteiger partial charge in [-0.25, -0.2) is 15.0 Å². The Hall–Kier alpha value is -0.920. The number of hydrogen-bond donors (Lipinski definition) is 2. The molecule has 0 heterocycles. The maximum Gasteiger partial charge on any atom is 1.00 e. The molecule has 4 unspecified atom stereocenters. The van der Waals surface area contributed by atoms with E-state index in [9.17, 15) is 27.4 Å². The van der Waals surface area contributed by atoms with Gasteiger partial charge in [-0.2, -0.15) is 12.6 Å². The molecule has 39 heavy (non-hydrogen) atoms. The van der Waals surface area contributed by atoms with Crippen molar-refractivity contribution in [2.24, 2.45) is 11.8 Å². The molecule has 4 atom stereocenters. The van der Waals surface area contributed by atoms with Crippen molar-refractivity contribution < 1.29 is 75.9 Å². The van der Waals surface area contributed by atoms with Crippen LogP contribution in [0.1, 0.15) is 53.4 Å². The number of ether oxygens (including phenoxy) is 4. The van der Waals surface area contributed by atoms with Crippen molar-refractivity contribution in [2.75, 3.05) is 46.4 Å². The van der Waals surface area contributed by atoms with Gasteiger partial charge < -0.3 is 33.7 Å². The molecular formula is C24H41N2NaO10S2. The molecule has 0 saturated carbocycles. The first kappa shape index (κ1) is 40.2. The Morgan fingerprint density at radius 3 is 1.87 bits per heavy atom. The summed E-state index contributed by atoms with van der Waals surface area (Å²) in [5.41, 5.74) is -2.26. The minimum atomic E-state index is -4.62. The summed E-state index contributed by atoms with van der Waals surface area (Å²) in [5, 5.41) is 1.36. The molecule has 0 aliphatic rings. The van der Waals surface area contributed by atoms with Gasteiger partial charge in [-0.05, 0) is 26.7 Å². The molecule has 0 aromatic carbocycles. The molecule has 1 amide bonds.